The number of aliphatic hydroxyl groups is 4. The van der Waals surface area contributed by atoms with E-state index in [-0.39, 0.29) is 79.3 Å². The molecule has 0 heterocycles. The highest BCUT2D eigenvalue weighted by Gasteiger charge is 2.34. The van der Waals surface area contributed by atoms with Crippen LogP contribution in [0.3, 0.4) is 0 Å². The number of esters is 4. The molecule has 0 saturated heterocycles. The standard InChI is InChI=1S/C33H52O16/c1-5-9-29(38)46-17-25(34)13-42-21-33(22-43-14-26(35)18-47-30(39)10-6-2,23-44-15-27(36)19-48-31(40)11-7-3)24-45-16-28(37)20-49-32(41)12-8-4/h5-12,25-28,34-37H,13-24H2,1-4H3. The van der Waals surface area contributed by atoms with Gasteiger partial charge >= 0.3 is 23.9 Å². The molecule has 16 nitrogen and oxygen atoms in total. The Balaban J connectivity index is 5.69. The maximum Gasteiger partial charge on any atom is 0.330 e. The predicted molar refractivity (Wildman–Crippen MR) is 173 cm³/mol. The van der Waals surface area contributed by atoms with Crippen LogP contribution in [0.25, 0.3) is 0 Å². The SMILES string of the molecule is CC=CC(=O)OCC(O)COCC(COCC(O)COC(=O)C=CC)(COCC(O)COC(=O)C=CC)COCC(O)COC(=O)C=CC. The van der Waals surface area contributed by atoms with Gasteiger partial charge in [0.1, 0.15) is 50.8 Å². The molecular formula is C33H52O16. The summed E-state index contributed by atoms with van der Waals surface area (Å²) in [6, 6.07) is 0. The van der Waals surface area contributed by atoms with Crippen LogP contribution in [0.15, 0.2) is 48.6 Å². The van der Waals surface area contributed by atoms with E-state index in [9.17, 15) is 39.6 Å². The Morgan fingerprint density at radius 1 is 0.429 bits per heavy atom. The molecule has 0 aromatic carbocycles. The molecule has 0 rings (SSSR count). The number of carbonyl (C=O) groups is 4. The van der Waals surface area contributed by atoms with Gasteiger partial charge in [-0.25, -0.2) is 19.2 Å². The largest absolute Gasteiger partial charge is 0.460 e. The number of hydrogen-bond donors (Lipinski definition) is 4. The zero-order valence-electron chi connectivity index (χ0n) is 28.6. The Labute approximate surface area is 286 Å². The minimum absolute atomic E-state index is 0.210. The maximum atomic E-state index is 11.6. The van der Waals surface area contributed by atoms with Gasteiger partial charge in [0.25, 0.3) is 0 Å². The van der Waals surface area contributed by atoms with Gasteiger partial charge in [-0.05, 0) is 27.7 Å². The fourth-order valence-corrected chi connectivity index (χ4v) is 3.54. The van der Waals surface area contributed by atoms with Crippen LogP contribution in [0.5, 0.6) is 0 Å². The number of ether oxygens (including phenoxy) is 8. The van der Waals surface area contributed by atoms with Crippen LogP contribution in [0.4, 0.5) is 0 Å². The summed E-state index contributed by atoms with van der Waals surface area (Å²) in [4.78, 5) is 46.3. The number of hydrogen-bond acceptors (Lipinski definition) is 16. The summed E-state index contributed by atoms with van der Waals surface area (Å²) < 4.78 is 42.6. The van der Waals surface area contributed by atoms with Crippen LogP contribution in [0.2, 0.25) is 0 Å². The van der Waals surface area contributed by atoms with Crippen molar-refractivity contribution in [1.29, 1.82) is 0 Å². The highest BCUT2D eigenvalue weighted by atomic mass is 16.6. The summed E-state index contributed by atoms with van der Waals surface area (Å²) >= 11 is 0. The smallest absolute Gasteiger partial charge is 0.330 e. The normalized spacial score (nSPS) is 15.7. The highest BCUT2D eigenvalue weighted by molar-refractivity contribution is 5.82. The van der Waals surface area contributed by atoms with E-state index < -0.39 is 53.7 Å². The molecule has 0 bridgehead atoms. The third-order valence-corrected chi connectivity index (χ3v) is 5.76. The van der Waals surface area contributed by atoms with E-state index >= 15 is 0 Å². The number of rotatable bonds is 28. The third kappa shape index (κ3) is 25.2. The van der Waals surface area contributed by atoms with Crippen molar-refractivity contribution >= 4 is 23.9 Å². The van der Waals surface area contributed by atoms with E-state index in [4.69, 9.17) is 37.9 Å². The number of allylic oxidation sites excluding steroid dienone is 4. The molecule has 16 heteroatoms. The Bertz CT molecular complexity index is 888. The van der Waals surface area contributed by atoms with Crippen LogP contribution >= 0.6 is 0 Å². The van der Waals surface area contributed by atoms with E-state index in [1.807, 2.05) is 0 Å². The summed E-state index contributed by atoms with van der Waals surface area (Å²) in [5, 5.41) is 41.1. The second-order valence-corrected chi connectivity index (χ2v) is 10.7. The van der Waals surface area contributed by atoms with Crippen molar-refractivity contribution in [2.45, 2.75) is 52.1 Å². The van der Waals surface area contributed by atoms with Gasteiger partial charge in [0, 0.05) is 24.3 Å². The van der Waals surface area contributed by atoms with Crippen LogP contribution in [-0.2, 0) is 57.1 Å². The molecule has 4 unspecified atom stereocenters. The molecule has 280 valence electrons. The van der Waals surface area contributed by atoms with E-state index in [0.29, 0.717) is 0 Å². The first-order chi connectivity index (χ1) is 23.4. The van der Waals surface area contributed by atoms with Crippen molar-refractivity contribution in [1.82, 2.24) is 0 Å². The molecule has 0 saturated carbocycles. The van der Waals surface area contributed by atoms with E-state index in [1.54, 1.807) is 27.7 Å². The minimum Gasteiger partial charge on any atom is -0.460 e. The van der Waals surface area contributed by atoms with E-state index in [1.165, 1.54) is 48.6 Å². The lowest BCUT2D eigenvalue weighted by Gasteiger charge is -2.34. The quantitative estimate of drug-likeness (QED) is 0.0476. The second kappa shape index (κ2) is 28.4. The monoisotopic (exact) mass is 704 g/mol. The molecule has 0 amide bonds. The summed E-state index contributed by atoms with van der Waals surface area (Å²) in [6.45, 7) is 3.11. The lowest BCUT2D eigenvalue weighted by Crippen LogP contribution is -2.44. The molecule has 0 spiro atoms. The van der Waals surface area contributed by atoms with Crippen molar-refractivity contribution in [2.24, 2.45) is 5.41 Å². The van der Waals surface area contributed by atoms with Crippen LogP contribution < -0.4 is 0 Å². The van der Waals surface area contributed by atoms with Crippen molar-refractivity contribution in [3.05, 3.63) is 48.6 Å². The zero-order chi connectivity index (χ0) is 36.9. The van der Waals surface area contributed by atoms with Gasteiger partial charge in [-0.3, -0.25) is 0 Å². The van der Waals surface area contributed by atoms with Gasteiger partial charge in [0.2, 0.25) is 0 Å². The first-order valence-electron chi connectivity index (χ1n) is 15.6. The molecule has 4 atom stereocenters. The average molecular weight is 705 g/mol. The van der Waals surface area contributed by atoms with Gasteiger partial charge in [0.15, 0.2) is 0 Å². The maximum absolute atomic E-state index is 11.6. The Hall–Kier alpha value is -3.48. The lowest BCUT2D eigenvalue weighted by atomic mass is 9.92. The molecule has 49 heavy (non-hydrogen) atoms. The summed E-state index contributed by atoms with van der Waals surface area (Å²) in [5.41, 5.74) is -1.22. The second-order valence-electron chi connectivity index (χ2n) is 10.7. The molecule has 0 radical (unpaired) electrons. The molecule has 0 fully saturated rings. The van der Waals surface area contributed by atoms with Gasteiger partial charge in [-0.2, -0.15) is 0 Å². The molecule has 0 aromatic heterocycles. The fraction of sp³-hybridized carbons (Fsp3) is 0.636. The van der Waals surface area contributed by atoms with E-state index in [2.05, 4.69) is 0 Å². The van der Waals surface area contributed by atoms with E-state index in [0.717, 1.165) is 0 Å². The summed E-state index contributed by atoms with van der Waals surface area (Å²) in [7, 11) is 0. The number of carbonyl (C=O) groups excluding carboxylic acids is 4. The average Bonchev–Trinajstić information content (AvgIpc) is 3.05. The molecule has 0 aromatic rings. The van der Waals surface area contributed by atoms with Gasteiger partial charge in [-0.1, -0.05) is 24.3 Å². The summed E-state index contributed by atoms with van der Waals surface area (Å²) in [6.07, 6.45) is 5.86. The molecule has 4 N–H and O–H groups in total. The van der Waals surface area contributed by atoms with Gasteiger partial charge < -0.3 is 58.3 Å². The molecule has 0 aliphatic carbocycles. The van der Waals surface area contributed by atoms with Crippen molar-refractivity contribution in [2.75, 3.05) is 79.3 Å². The molecule has 0 aliphatic heterocycles. The highest BCUT2D eigenvalue weighted by Crippen LogP contribution is 2.22. The first-order valence-corrected chi connectivity index (χ1v) is 15.6. The Kier molecular flexibility index (Phi) is 26.4. The molecular weight excluding hydrogens is 652 g/mol. The van der Waals surface area contributed by atoms with Crippen molar-refractivity contribution in [3.63, 3.8) is 0 Å². The van der Waals surface area contributed by atoms with Crippen molar-refractivity contribution in [3.8, 4) is 0 Å². The van der Waals surface area contributed by atoms with Crippen LogP contribution in [-0.4, -0.2) is 148 Å². The van der Waals surface area contributed by atoms with Crippen LogP contribution in [0, 0.1) is 5.41 Å². The number of aliphatic hydroxyl groups excluding tert-OH is 4. The lowest BCUT2D eigenvalue weighted by molar-refractivity contribution is -0.151. The minimum atomic E-state index is -1.22. The summed E-state index contributed by atoms with van der Waals surface area (Å²) in [5.74, 6) is -2.59. The molecule has 0 aliphatic rings. The fourth-order valence-electron chi connectivity index (χ4n) is 3.54. The predicted octanol–water partition coefficient (Wildman–Crippen LogP) is -0.0400. The van der Waals surface area contributed by atoms with Gasteiger partial charge in [-0.15, -0.1) is 0 Å². The van der Waals surface area contributed by atoms with Gasteiger partial charge in [0.05, 0.1) is 58.3 Å². The van der Waals surface area contributed by atoms with Crippen LogP contribution in [0.1, 0.15) is 27.7 Å². The first kappa shape index (κ1) is 45.5. The topological polar surface area (TPSA) is 223 Å². The Morgan fingerprint density at radius 3 is 0.816 bits per heavy atom. The third-order valence-electron chi connectivity index (χ3n) is 5.76. The van der Waals surface area contributed by atoms with Crippen molar-refractivity contribution < 1.29 is 77.5 Å². The Morgan fingerprint density at radius 2 is 0.633 bits per heavy atom. The zero-order valence-corrected chi connectivity index (χ0v) is 28.6.